The maximum atomic E-state index is 13.9. The first-order chi connectivity index (χ1) is 9.81. The molecule has 0 fully saturated rings. The minimum Gasteiger partial charge on any atom is -0.364 e. The zero-order chi connectivity index (χ0) is 15.7. The fourth-order valence-electron chi connectivity index (χ4n) is 1.97. The zero-order valence-electron chi connectivity index (χ0n) is 11.4. The van der Waals surface area contributed by atoms with Crippen LogP contribution in [0.3, 0.4) is 0 Å². The number of hydrogen-bond donors (Lipinski definition) is 2. The van der Waals surface area contributed by atoms with Gasteiger partial charge < -0.3 is 10.6 Å². The average molecular weight is 404 g/mol. The molecule has 1 heterocycles. The van der Waals surface area contributed by atoms with Gasteiger partial charge in [-0.1, -0.05) is 0 Å². The van der Waals surface area contributed by atoms with E-state index in [1.807, 2.05) is 22.6 Å². The van der Waals surface area contributed by atoms with Crippen molar-refractivity contribution in [2.24, 2.45) is 5.73 Å². The normalized spacial score (nSPS) is 18.6. The van der Waals surface area contributed by atoms with Gasteiger partial charge in [0.2, 0.25) is 0 Å². The highest BCUT2D eigenvalue weighted by Gasteiger charge is 2.33. The minimum atomic E-state index is -0.709. The molecular formula is C13H14FIN4O2. The molecule has 1 unspecified atom stereocenters. The van der Waals surface area contributed by atoms with Crippen LogP contribution >= 0.6 is 22.6 Å². The van der Waals surface area contributed by atoms with Crippen LogP contribution in [0.5, 0.6) is 0 Å². The number of nitrogens with one attached hydrogen (secondary N) is 1. The fraction of sp³-hybridized carbons (Fsp3) is 0.231. The van der Waals surface area contributed by atoms with E-state index in [1.165, 1.54) is 35.3 Å². The van der Waals surface area contributed by atoms with E-state index in [1.54, 1.807) is 13.0 Å². The van der Waals surface area contributed by atoms with Crippen LogP contribution < -0.4 is 11.2 Å². The molecular weight excluding hydrogens is 390 g/mol. The number of benzene rings is 1. The number of rotatable bonds is 3. The summed E-state index contributed by atoms with van der Waals surface area (Å²) in [5.41, 5.74) is 8.31. The van der Waals surface area contributed by atoms with Crippen molar-refractivity contribution in [2.75, 3.05) is 12.5 Å². The Labute approximate surface area is 134 Å². The Morgan fingerprint density at radius 1 is 1.48 bits per heavy atom. The van der Waals surface area contributed by atoms with E-state index in [-0.39, 0.29) is 17.3 Å². The Morgan fingerprint density at radius 2 is 2.14 bits per heavy atom. The summed E-state index contributed by atoms with van der Waals surface area (Å²) in [7, 11) is 1.53. The smallest absolute Gasteiger partial charge is 0.268 e. The van der Waals surface area contributed by atoms with Gasteiger partial charge in [0.25, 0.3) is 11.8 Å². The summed E-state index contributed by atoms with van der Waals surface area (Å²) in [5, 5.41) is 1.27. The second kappa shape index (κ2) is 5.88. The first kappa shape index (κ1) is 15.5. The Balaban J connectivity index is 2.37. The van der Waals surface area contributed by atoms with E-state index in [2.05, 4.69) is 5.43 Å². The Bertz CT molecular complexity index is 635. The molecule has 112 valence electrons. The van der Waals surface area contributed by atoms with Crippen molar-refractivity contribution in [2.45, 2.75) is 13.0 Å². The van der Waals surface area contributed by atoms with Crippen molar-refractivity contribution >= 4 is 40.1 Å². The van der Waals surface area contributed by atoms with Gasteiger partial charge in [0, 0.05) is 16.8 Å². The number of anilines is 1. The largest absolute Gasteiger partial charge is 0.364 e. The summed E-state index contributed by atoms with van der Waals surface area (Å²) in [5.74, 6) is -1.43. The second-order valence-corrected chi connectivity index (χ2v) is 5.86. The highest BCUT2D eigenvalue weighted by atomic mass is 127. The molecule has 0 radical (unpaired) electrons. The first-order valence-electron chi connectivity index (χ1n) is 6.10. The van der Waals surface area contributed by atoms with Gasteiger partial charge in [-0.25, -0.2) is 4.39 Å². The van der Waals surface area contributed by atoms with Crippen LogP contribution in [0.1, 0.15) is 6.92 Å². The van der Waals surface area contributed by atoms with Crippen LogP contribution in [0.25, 0.3) is 0 Å². The maximum absolute atomic E-state index is 13.9. The number of primary amides is 1. The summed E-state index contributed by atoms with van der Waals surface area (Å²) < 4.78 is 14.6. The van der Waals surface area contributed by atoms with Gasteiger partial charge in [-0.3, -0.25) is 20.0 Å². The van der Waals surface area contributed by atoms with E-state index in [9.17, 15) is 14.0 Å². The van der Waals surface area contributed by atoms with Gasteiger partial charge in [0.05, 0.1) is 5.69 Å². The Morgan fingerprint density at radius 3 is 2.71 bits per heavy atom. The number of hydrazine groups is 1. The van der Waals surface area contributed by atoms with Crippen molar-refractivity contribution in [3.63, 3.8) is 0 Å². The third-order valence-corrected chi connectivity index (χ3v) is 3.76. The average Bonchev–Trinajstić information content (AvgIpc) is 2.41. The second-order valence-electron chi connectivity index (χ2n) is 4.61. The Hall–Kier alpha value is -1.84. The predicted molar refractivity (Wildman–Crippen MR) is 84.1 cm³/mol. The van der Waals surface area contributed by atoms with Crippen molar-refractivity contribution in [1.82, 2.24) is 9.91 Å². The lowest BCUT2D eigenvalue weighted by Gasteiger charge is -2.37. The van der Waals surface area contributed by atoms with Gasteiger partial charge in [-0.2, -0.15) is 0 Å². The van der Waals surface area contributed by atoms with Crippen LogP contribution in [-0.2, 0) is 9.59 Å². The lowest BCUT2D eigenvalue weighted by molar-refractivity contribution is -0.133. The number of carbonyl (C=O) groups is 2. The molecule has 1 aliphatic rings. The van der Waals surface area contributed by atoms with E-state index in [0.29, 0.717) is 0 Å². The quantitative estimate of drug-likeness (QED) is 0.744. The minimum absolute atomic E-state index is 0.0857. The number of halogens is 2. The number of carbonyl (C=O) groups excluding carboxylic acids is 2. The van der Waals surface area contributed by atoms with Gasteiger partial charge >= 0.3 is 0 Å². The molecule has 0 aliphatic carbocycles. The van der Waals surface area contributed by atoms with Crippen molar-refractivity contribution < 1.29 is 14.0 Å². The molecule has 0 spiro atoms. The maximum Gasteiger partial charge on any atom is 0.268 e. The molecule has 0 saturated heterocycles. The summed E-state index contributed by atoms with van der Waals surface area (Å²) in [6.07, 6.45) is 1.32. The van der Waals surface area contributed by atoms with Crippen LogP contribution in [0.2, 0.25) is 0 Å². The highest BCUT2D eigenvalue weighted by molar-refractivity contribution is 14.1. The summed E-state index contributed by atoms with van der Waals surface area (Å²) >= 11 is 1.99. The van der Waals surface area contributed by atoms with Gasteiger partial charge in [-0.05, 0) is 47.7 Å². The molecule has 1 aromatic rings. The van der Waals surface area contributed by atoms with Crippen molar-refractivity contribution in [3.05, 3.63) is 39.5 Å². The van der Waals surface area contributed by atoms with Crippen LogP contribution in [0.4, 0.5) is 10.1 Å². The summed E-state index contributed by atoms with van der Waals surface area (Å²) in [4.78, 5) is 24.8. The molecule has 3 N–H and O–H groups in total. The van der Waals surface area contributed by atoms with E-state index in [0.717, 1.165) is 3.57 Å². The summed E-state index contributed by atoms with van der Waals surface area (Å²) in [6.45, 7) is 1.60. The topological polar surface area (TPSA) is 78.7 Å². The molecule has 0 bridgehead atoms. The van der Waals surface area contributed by atoms with Crippen molar-refractivity contribution in [1.29, 1.82) is 0 Å². The van der Waals surface area contributed by atoms with Gasteiger partial charge in [-0.15, -0.1) is 0 Å². The first-order valence-corrected chi connectivity index (χ1v) is 7.18. The molecule has 2 rings (SSSR count). The number of amides is 2. The lowest BCUT2D eigenvalue weighted by atomic mass is 10.2. The number of hydrogen-bond acceptors (Lipinski definition) is 4. The molecule has 2 amide bonds. The number of nitrogens with two attached hydrogens (primary N) is 1. The molecule has 6 nitrogen and oxygen atoms in total. The van der Waals surface area contributed by atoms with E-state index < -0.39 is 17.8 Å². The van der Waals surface area contributed by atoms with E-state index in [4.69, 9.17) is 5.73 Å². The highest BCUT2D eigenvalue weighted by Crippen LogP contribution is 2.23. The molecule has 8 heteroatoms. The molecule has 0 aromatic heterocycles. The Kier molecular flexibility index (Phi) is 4.35. The SMILES string of the molecule is CC1C(=O)N(C)C=C(C(N)=O)N1Nc1ccc(I)cc1F. The third-order valence-electron chi connectivity index (χ3n) is 3.09. The van der Waals surface area contributed by atoms with Crippen LogP contribution in [0, 0.1) is 9.39 Å². The summed E-state index contributed by atoms with van der Waals surface area (Å²) in [6, 6.07) is 3.90. The van der Waals surface area contributed by atoms with E-state index >= 15 is 0 Å². The van der Waals surface area contributed by atoms with Crippen LogP contribution in [-0.4, -0.2) is 34.8 Å². The van der Waals surface area contributed by atoms with Crippen molar-refractivity contribution in [3.8, 4) is 0 Å². The zero-order valence-corrected chi connectivity index (χ0v) is 13.6. The number of likely N-dealkylation sites (N-methyl/N-ethyl adjacent to an activating group) is 1. The van der Waals surface area contributed by atoms with Crippen LogP contribution in [0.15, 0.2) is 30.1 Å². The number of nitrogens with zero attached hydrogens (tertiary/aromatic N) is 2. The van der Waals surface area contributed by atoms with Gasteiger partial charge in [0.1, 0.15) is 17.6 Å². The standard InChI is InChI=1S/C13H14FIN4O2/c1-7-13(21)18(2)6-11(12(16)20)19(7)17-10-4-3-8(15)5-9(10)14/h3-7,17H,1-2H3,(H2,16,20). The molecule has 1 aliphatic heterocycles. The predicted octanol–water partition coefficient (Wildman–Crippen LogP) is 1.25. The third kappa shape index (κ3) is 3.09. The molecule has 1 aromatic carbocycles. The molecule has 21 heavy (non-hydrogen) atoms. The fourth-order valence-corrected chi connectivity index (χ4v) is 2.43. The monoisotopic (exact) mass is 404 g/mol. The lowest BCUT2D eigenvalue weighted by Crippen LogP contribution is -2.53. The molecule has 1 atom stereocenters. The van der Waals surface area contributed by atoms with Gasteiger partial charge in [0.15, 0.2) is 0 Å². The molecule has 0 saturated carbocycles.